The van der Waals surface area contributed by atoms with Crippen molar-refractivity contribution in [2.24, 2.45) is 11.6 Å². The van der Waals surface area contributed by atoms with Crippen LogP contribution in [0.3, 0.4) is 0 Å². The van der Waals surface area contributed by atoms with Crippen LogP contribution in [0.15, 0.2) is 0 Å². The number of carboxylic acid groups (broad SMARTS) is 1. The Morgan fingerprint density at radius 1 is 1.60 bits per heavy atom. The number of carbonyl (C=O) groups is 2. The van der Waals surface area contributed by atoms with Gasteiger partial charge in [0, 0.05) is 0 Å². The zero-order valence-electron chi connectivity index (χ0n) is 5.11. The molecule has 0 aliphatic carbocycles. The molecule has 0 saturated carbocycles. The lowest BCUT2D eigenvalue weighted by atomic mass is 10.2. The Morgan fingerprint density at radius 2 is 2.10 bits per heavy atom. The highest BCUT2D eigenvalue weighted by Crippen LogP contribution is 1.88. The van der Waals surface area contributed by atoms with Crippen molar-refractivity contribution >= 4 is 11.9 Å². The summed E-state index contributed by atoms with van der Waals surface area (Å²) in [6.45, 7) is 0. The van der Waals surface area contributed by atoms with Gasteiger partial charge in [-0.05, 0) is 0 Å². The van der Waals surface area contributed by atoms with Crippen LogP contribution in [-0.2, 0) is 14.4 Å². The van der Waals surface area contributed by atoms with Gasteiger partial charge in [0.25, 0.3) is 0 Å². The van der Waals surface area contributed by atoms with E-state index in [0.29, 0.717) is 0 Å². The Bertz CT molecular complexity index is 146. The molecular weight excluding hydrogens is 140 g/mol. The third-order valence-corrected chi connectivity index (χ3v) is 0.835. The molecule has 0 radical (unpaired) electrons. The highest BCUT2D eigenvalue weighted by molar-refractivity contribution is 5.80. The molecule has 0 aromatic rings. The van der Waals surface area contributed by atoms with Crippen LogP contribution in [0.2, 0.25) is 0 Å². The second-order valence-corrected chi connectivity index (χ2v) is 1.64. The number of nitrogens with two attached hydrogens (primary N) is 2. The first-order chi connectivity index (χ1) is 4.57. The summed E-state index contributed by atoms with van der Waals surface area (Å²) < 4.78 is 0. The van der Waals surface area contributed by atoms with Gasteiger partial charge in [-0.2, -0.15) is 5.90 Å². The Morgan fingerprint density at radius 3 is 2.40 bits per heavy atom. The standard InChI is InChI=1S/C4H8N2O4/c5-2(4(8)9)1-3(7)10-6/h2H,1,5-6H2,(H,8,9)/t2-/m1/s1. The van der Waals surface area contributed by atoms with Gasteiger partial charge in [0.05, 0.1) is 6.42 Å². The van der Waals surface area contributed by atoms with E-state index in [0.717, 1.165) is 0 Å². The summed E-state index contributed by atoms with van der Waals surface area (Å²) in [7, 11) is 0. The summed E-state index contributed by atoms with van der Waals surface area (Å²) in [6.07, 6.45) is -0.411. The smallest absolute Gasteiger partial charge is 0.326 e. The first-order valence-electron chi connectivity index (χ1n) is 2.46. The summed E-state index contributed by atoms with van der Waals surface area (Å²) in [4.78, 5) is 23.9. The van der Waals surface area contributed by atoms with Gasteiger partial charge in [0.2, 0.25) is 0 Å². The van der Waals surface area contributed by atoms with Crippen molar-refractivity contribution in [1.82, 2.24) is 0 Å². The van der Waals surface area contributed by atoms with E-state index in [-0.39, 0.29) is 0 Å². The summed E-state index contributed by atoms with van der Waals surface area (Å²) in [6, 6.07) is -1.24. The molecule has 0 bridgehead atoms. The highest BCUT2D eigenvalue weighted by Gasteiger charge is 2.16. The molecular formula is C4H8N2O4. The number of aliphatic carboxylic acids is 1. The molecule has 6 nitrogen and oxygen atoms in total. The third kappa shape index (κ3) is 3.00. The summed E-state index contributed by atoms with van der Waals surface area (Å²) >= 11 is 0. The lowest BCUT2D eigenvalue weighted by Gasteiger charge is -2.01. The van der Waals surface area contributed by atoms with Gasteiger partial charge in [0.1, 0.15) is 6.04 Å². The zero-order chi connectivity index (χ0) is 8.15. The van der Waals surface area contributed by atoms with Crippen molar-refractivity contribution in [3.63, 3.8) is 0 Å². The normalized spacial score (nSPS) is 12.2. The molecule has 0 amide bonds. The quantitative estimate of drug-likeness (QED) is 0.407. The molecule has 0 saturated heterocycles. The maximum atomic E-state index is 10.2. The fraction of sp³-hybridized carbons (Fsp3) is 0.500. The van der Waals surface area contributed by atoms with Crippen LogP contribution < -0.4 is 11.6 Å². The molecule has 6 heteroatoms. The van der Waals surface area contributed by atoms with Crippen molar-refractivity contribution in [3.05, 3.63) is 0 Å². The minimum absolute atomic E-state index is 0.411. The van der Waals surface area contributed by atoms with E-state index in [1.165, 1.54) is 0 Å². The van der Waals surface area contributed by atoms with Gasteiger partial charge >= 0.3 is 11.9 Å². The molecule has 10 heavy (non-hydrogen) atoms. The molecule has 0 fully saturated rings. The lowest BCUT2D eigenvalue weighted by molar-refractivity contribution is -0.149. The average molecular weight is 148 g/mol. The average Bonchev–Trinajstić information content (AvgIpc) is 1.87. The second-order valence-electron chi connectivity index (χ2n) is 1.64. The van der Waals surface area contributed by atoms with E-state index in [4.69, 9.17) is 10.8 Å². The largest absolute Gasteiger partial charge is 0.480 e. The first kappa shape index (κ1) is 8.86. The van der Waals surface area contributed by atoms with Crippen LogP contribution >= 0.6 is 0 Å². The van der Waals surface area contributed by atoms with E-state index in [1.54, 1.807) is 0 Å². The molecule has 58 valence electrons. The van der Waals surface area contributed by atoms with Gasteiger partial charge in [-0.15, -0.1) is 0 Å². The third-order valence-electron chi connectivity index (χ3n) is 0.835. The van der Waals surface area contributed by atoms with E-state index in [9.17, 15) is 9.59 Å². The maximum Gasteiger partial charge on any atom is 0.326 e. The zero-order valence-corrected chi connectivity index (χ0v) is 5.11. The van der Waals surface area contributed by atoms with Crippen LogP contribution in [0.25, 0.3) is 0 Å². The van der Waals surface area contributed by atoms with Crippen LogP contribution in [0.4, 0.5) is 0 Å². The molecule has 0 aromatic heterocycles. The van der Waals surface area contributed by atoms with Crippen molar-refractivity contribution < 1.29 is 19.5 Å². The molecule has 1 atom stereocenters. The fourth-order valence-corrected chi connectivity index (χ4v) is 0.315. The molecule has 0 rings (SSSR count). The van der Waals surface area contributed by atoms with Crippen molar-refractivity contribution in [2.45, 2.75) is 12.5 Å². The fourth-order valence-electron chi connectivity index (χ4n) is 0.315. The van der Waals surface area contributed by atoms with Gasteiger partial charge in [0.15, 0.2) is 0 Å². The molecule has 0 spiro atoms. The van der Waals surface area contributed by atoms with E-state index in [2.05, 4.69) is 10.7 Å². The van der Waals surface area contributed by atoms with Gasteiger partial charge in [-0.1, -0.05) is 0 Å². The minimum Gasteiger partial charge on any atom is -0.480 e. The Hall–Kier alpha value is -1.14. The van der Waals surface area contributed by atoms with Gasteiger partial charge < -0.3 is 15.7 Å². The van der Waals surface area contributed by atoms with Gasteiger partial charge in [-0.3, -0.25) is 9.59 Å². The Kier molecular flexibility index (Phi) is 3.37. The molecule has 5 N–H and O–H groups in total. The SMILES string of the molecule is NOC(=O)C[C@@H](N)C(=O)O. The summed E-state index contributed by atoms with van der Waals surface area (Å²) in [5.74, 6) is 2.33. The molecule has 0 aliphatic rings. The first-order valence-corrected chi connectivity index (χ1v) is 2.46. The topological polar surface area (TPSA) is 116 Å². The van der Waals surface area contributed by atoms with Crippen LogP contribution in [0, 0.1) is 0 Å². The van der Waals surface area contributed by atoms with Crippen LogP contribution in [-0.4, -0.2) is 23.1 Å². The monoisotopic (exact) mass is 148 g/mol. The summed E-state index contributed by atoms with van der Waals surface area (Å²) in [5, 5.41) is 8.15. The Labute approximate surface area is 56.7 Å². The lowest BCUT2D eigenvalue weighted by Crippen LogP contribution is -2.33. The molecule has 0 aromatic carbocycles. The Balaban J connectivity index is 3.68. The molecule has 0 aliphatic heterocycles. The van der Waals surface area contributed by atoms with Gasteiger partial charge in [-0.25, -0.2) is 0 Å². The number of rotatable bonds is 3. The summed E-state index contributed by atoms with van der Waals surface area (Å²) in [5.41, 5.74) is 4.94. The second kappa shape index (κ2) is 3.80. The highest BCUT2D eigenvalue weighted by atomic mass is 16.7. The minimum atomic E-state index is -1.26. The predicted octanol–water partition coefficient (Wildman–Crippen LogP) is -1.79. The van der Waals surface area contributed by atoms with E-state index in [1.807, 2.05) is 0 Å². The molecule has 0 heterocycles. The van der Waals surface area contributed by atoms with Crippen molar-refractivity contribution in [1.29, 1.82) is 0 Å². The molecule has 0 unspecified atom stereocenters. The van der Waals surface area contributed by atoms with Crippen LogP contribution in [0.5, 0.6) is 0 Å². The van der Waals surface area contributed by atoms with Crippen LogP contribution in [0.1, 0.15) is 6.42 Å². The van der Waals surface area contributed by atoms with Crippen molar-refractivity contribution in [3.8, 4) is 0 Å². The van der Waals surface area contributed by atoms with Crippen molar-refractivity contribution in [2.75, 3.05) is 0 Å². The predicted molar refractivity (Wildman–Crippen MR) is 30.5 cm³/mol. The maximum absolute atomic E-state index is 10.2. The number of carboxylic acids is 1. The van der Waals surface area contributed by atoms with E-state index < -0.39 is 24.4 Å². The number of hydrogen-bond donors (Lipinski definition) is 3. The van der Waals surface area contributed by atoms with E-state index >= 15 is 0 Å². The number of carbonyl (C=O) groups excluding carboxylic acids is 1. The number of hydrogen-bond acceptors (Lipinski definition) is 5.